The summed E-state index contributed by atoms with van der Waals surface area (Å²) in [6.45, 7) is 8.81. The molecule has 0 aliphatic heterocycles. The van der Waals surface area contributed by atoms with Crippen LogP contribution in [-0.4, -0.2) is 50.0 Å². The minimum absolute atomic E-state index is 0.0474. The van der Waals surface area contributed by atoms with Crippen molar-refractivity contribution < 1.29 is 18.0 Å². The van der Waals surface area contributed by atoms with Gasteiger partial charge in [0.2, 0.25) is 21.8 Å². The largest absolute Gasteiger partial charge is 0.352 e. The molecule has 2 rings (SSSR count). The molecule has 2 amide bonds. The van der Waals surface area contributed by atoms with Crippen LogP contribution in [0.2, 0.25) is 10.0 Å². The van der Waals surface area contributed by atoms with Crippen LogP contribution in [0.1, 0.15) is 50.3 Å². The van der Waals surface area contributed by atoms with E-state index in [1.807, 2.05) is 26.8 Å². The molecular formula is C26H35Cl2N3O4S. The summed E-state index contributed by atoms with van der Waals surface area (Å²) < 4.78 is 26.6. The van der Waals surface area contributed by atoms with Crippen molar-refractivity contribution in [2.75, 3.05) is 17.1 Å². The van der Waals surface area contributed by atoms with E-state index in [4.69, 9.17) is 23.2 Å². The molecule has 1 N–H and O–H groups in total. The molecule has 0 aliphatic carbocycles. The summed E-state index contributed by atoms with van der Waals surface area (Å²) in [5, 5.41) is 3.64. The lowest BCUT2D eigenvalue weighted by molar-refractivity contribution is -0.140. The molecule has 198 valence electrons. The summed E-state index contributed by atoms with van der Waals surface area (Å²) in [5.74, 6) is -0.858. The number of carbonyl (C=O) groups excluding carboxylic acids is 2. The monoisotopic (exact) mass is 555 g/mol. The second-order valence-electron chi connectivity index (χ2n) is 9.02. The van der Waals surface area contributed by atoms with E-state index in [0.717, 1.165) is 28.1 Å². The molecule has 10 heteroatoms. The van der Waals surface area contributed by atoms with Gasteiger partial charge in [-0.2, -0.15) is 0 Å². The number of amides is 2. The van der Waals surface area contributed by atoms with E-state index in [9.17, 15) is 18.0 Å². The SMILES string of the molecule is CC[C@@H](C)NC(=O)[C@H](CC)N(Cc1c(Cl)cccc1Cl)C(=O)CN(c1ccc(C)cc1C)S(C)(=O)=O. The number of sulfonamides is 1. The van der Waals surface area contributed by atoms with Crippen molar-refractivity contribution in [3.8, 4) is 0 Å². The van der Waals surface area contributed by atoms with Crippen molar-refractivity contribution >= 4 is 50.7 Å². The maximum absolute atomic E-state index is 13.8. The van der Waals surface area contributed by atoms with Crippen LogP contribution < -0.4 is 9.62 Å². The van der Waals surface area contributed by atoms with E-state index in [1.54, 1.807) is 44.2 Å². The summed E-state index contributed by atoms with van der Waals surface area (Å²) >= 11 is 12.8. The van der Waals surface area contributed by atoms with E-state index < -0.39 is 28.5 Å². The zero-order valence-corrected chi connectivity index (χ0v) is 24.0. The number of nitrogens with one attached hydrogen (secondary N) is 1. The van der Waals surface area contributed by atoms with Gasteiger partial charge in [-0.3, -0.25) is 13.9 Å². The van der Waals surface area contributed by atoms with Crippen molar-refractivity contribution in [2.24, 2.45) is 0 Å². The Morgan fingerprint density at radius 2 is 1.64 bits per heavy atom. The summed E-state index contributed by atoms with van der Waals surface area (Å²) in [7, 11) is -3.81. The predicted octanol–water partition coefficient (Wildman–Crippen LogP) is 5.10. The molecule has 7 nitrogen and oxygen atoms in total. The third-order valence-corrected chi connectivity index (χ3v) is 7.91. The number of aryl methyl sites for hydroxylation is 2. The number of anilines is 1. The van der Waals surface area contributed by atoms with Crippen molar-refractivity contribution in [1.82, 2.24) is 10.2 Å². The zero-order chi connectivity index (χ0) is 27.2. The van der Waals surface area contributed by atoms with E-state index in [-0.39, 0.29) is 18.5 Å². The molecule has 0 heterocycles. The first-order chi connectivity index (χ1) is 16.8. The minimum atomic E-state index is -3.81. The highest BCUT2D eigenvalue weighted by Gasteiger charge is 2.33. The maximum Gasteiger partial charge on any atom is 0.244 e. The molecule has 36 heavy (non-hydrogen) atoms. The first kappa shape index (κ1) is 29.9. The highest BCUT2D eigenvalue weighted by molar-refractivity contribution is 7.92. The van der Waals surface area contributed by atoms with Gasteiger partial charge in [0.05, 0.1) is 11.9 Å². The van der Waals surface area contributed by atoms with Gasteiger partial charge >= 0.3 is 0 Å². The Bertz CT molecular complexity index is 1180. The zero-order valence-electron chi connectivity index (χ0n) is 21.6. The van der Waals surface area contributed by atoms with Crippen LogP contribution in [0.15, 0.2) is 36.4 Å². The second-order valence-corrected chi connectivity index (χ2v) is 11.7. The number of halogens is 2. The maximum atomic E-state index is 13.8. The predicted molar refractivity (Wildman–Crippen MR) is 147 cm³/mol. The van der Waals surface area contributed by atoms with Gasteiger partial charge in [-0.1, -0.05) is 60.8 Å². The first-order valence-corrected chi connectivity index (χ1v) is 14.5. The lowest BCUT2D eigenvalue weighted by atomic mass is 10.1. The Labute approximate surface area is 224 Å². The number of hydrogen-bond acceptors (Lipinski definition) is 4. The number of benzene rings is 2. The van der Waals surface area contributed by atoms with Crippen LogP contribution in [0.3, 0.4) is 0 Å². The number of nitrogens with zero attached hydrogens (tertiary/aromatic N) is 2. The van der Waals surface area contributed by atoms with Crippen molar-refractivity contribution in [3.05, 3.63) is 63.1 Å². The van der Waals surface area contributed by atoms with Crippen LogP contribution in [0, 0.1) is 13.8 Å². The first-order valence-electron chi connectivity index (χ1n) is 11.9. The molecular weight excluding hydrogens is 521 g/mol. The van der Waals surface area contributed by atoms with Crippen LogP contribution in [0.4, 0.5) is 5.69 Å². The van der Waals surface area contributed by atoms with Crippen molar-refractivity contribution in [2.45, 2.75) is 66.1 Å². The summed E-state index contributed by atoms with van der Waals surface area (Å²) in [6, 6.07) is 9.40. The molecule has 0 aliphatic rings. The van der Waals surface area contributed by atoms with Crippen LogP contribution >= 0.6 is 23.2 Å². The van der Waals surface area contributed by atoms with Gasteiger partial charge < -0.3 is 10.2 Å². The van der Waals surface area contributed by atoms with Gasteiger partial charge in [0, 0.05) is 28.2 Å². The fraction of sp³-hybridized carbons (Fsp3) is 0.462. The molecule has 0 unspecified atom stereocenters. The molecule has 0 saturated carbocycles. The van der Waals surface area contributed by atoms with Gasteiger partial charge in [0.1, 0.15) is 12.6 Å². The van der Waals surface area contributed by atoms with E-state index in [2.05, 4.69) is 5.32 Å². The standard InChI is InChI=1S/C26H35Cl2N3O4S/c1-7-19(5)29-26(33)23(8-2)30(15-20-21(27)10-9-11-22(20)28)25(32)16-31(36(6,34)35)24-13-12-17(3)14-18(24)4/h9-14,19,23H,7-8,15-16H2,1-6H3,(H,29,33)/t19-,23+/m1/s1. The Morgan fingerprint density at radius 1 is 1.03 bits per heavy atom. The normalized spacial score (nSPS) is 13.1. The highest BCUT2D eigenvalue weighted by Crippen LogP contribution is 2.28. The van der Waals surface area contributed by atoms with Crippen LogP contribution in [-0.2, 0) is 26.2 Å². The molecule has 0 fully saturated rings. The highest BCUT2D eigenvalue weighted by atomic mass is 35.5. The number of hydrogen-bond donors (Lipinski definition) is 1. The van der Waals surface area contributed by atoms with Gasteiger partial charge in [0.25, 0.3) is 0 Å². The van der Waals surface area contributed by atoms with Crippen LogP contribution in [0.5, 0.6) is 0 Å². The fourth-order valence-electron chi connectivity index (χ4n) is 3.89. The van der Waals surface area contributed by atoms with Gasteiger partial charge in [-0.15, -0.1) is 0 Å². The van der Waals surface area contributed by atoms with E-state index in [1.165, 1.54) is 4.90 Å². The summed E-state index contributed by atoms with van der Waals surface area (Å²) in [4.78, 5) is 28.4. The quantitative estimate of drug-likeness (QED) is 0.418. The Hall–Kier alpha value is -2.29. The molecule has 0 spiro atoms. The lowest BCUT2D eigenvalue weighted by Gasteiger charge is -2.34. The molecule has 0 aromatic heterocycles. The second kappa shape index (κ2) is 12.8. The smallest absolute Gasteiger partial charge is 0.244 e. The Morgan fingerprint density at radius 3 is 2.14 bits per heavy atom. The summed E-state index contributed by atoms with van der Waals surface area (Å²) in [6.07, 6.45) is 2.10. The molecule has 0 bridgehead atoms. The van der Waals surface area contributed by atoms with Gasteiger partial charge in [0.15, 0.2) is 0 Å². The topological polar surface area (TPSA) is 86.8 Å². The lowest BCUT2D eigenvalue weighted by Crippen LogP contribution is -2.53. The fourth-order valence-corrected chi connectivity index (χ4v) is 5.32. The molecule has 0 radical (unpaired) electrons. The van der Waals surface area contributed by atoms with Crippen molar-refractivity contribution in [1.29, 1.82) is 0 Å². The van der Waals surface area contributed by atoms with E-state index >= 15 is 0 Å². The van der Waals surface area contributed by atoms with E-state index in [0.29, 0.717) is 27.7 Å². The third kappa shape index (κ3) is 7.60. The van der Waals surface area contributed by atoms with Crippen molar-refractivity contribution in [3.63, 3.8) is 0 Å². The third-order valence-electron chi connectivity index (χ3n) is 6.08. The average molecular weight is 557 g/mol. The number of rotatable bonds is 11. The molecule has 2 aromatic rings. The van der Waals surface area contributed by atoms with Crippen LogP contribution in [0.25, 0.3) is 0 Å². The molecule has 0 saturated heterocycles. The Kier molecular flexibility index (Phi) is 10.6. The Balaban J connectivity index is 2.53. The minimum Gasteiger partial charge on any atom is -0.352 e. The number of carbonyl (C=O) groups is 2. The van der Waals surface area contributed by atoms with Gasteiger partial charge in [-0.25, -0.2) is 8.42 Å². The average Bonchev–Trinajstić information content (AvgIpc) is 2.78. The summed E-state index contributed by atoms with van der Waals surface area (Å²) in [5.41, 5.74) is 2.58. The van der Waals surface area contributed by atoms with Gasteiger partial charge in [-0.05, 0) is 57.4 Å². The molecule has 2 aromatic carbocycles. The molecule has 2 atom stereocenters.